The standard InChI is InChI=1S/C26H27N9O/c27-24(14-33-10-2-8-31-33)35-16-29-21-12-20-22(11-19(21)25(35)18-5-6-18)28-15-34(26(20)36)23(17-3-4-17)13-32-9-1-7-30-32/h1-2,7-12,15-17,23-24H,3-6,13-14,27H2/t23-,24-/m0/s1. The van der Waals surface area contributed by atoms with E-state index in [9.17, 15) is 4.79 Å². The molecule has 4 aromatic rings. The van der Waals surface area contributed by atoms with Crippen molar-refractivity contribution >= 4 is 28.6 Å². The fourth-order valence-corrected chi connectivity index (χ4v) is 5.18. The number of hydrogen-bond donors (Lipinski definition) is 1. The molecule has 2 atom stereocenters. The number of fused-ring (bicyclic) bond motifs is 2. The summed E-state index contributed by atoms with van der Waals surface area (Å²) in [5.41, 5.74) is 11.4. The highest BCUT2D eigenvalue weighted by Gasteiger charge is 2.35. The molecule has 1 aromatic carbocycles. The van der Waals surface area contributed by atoms with Crippen LogP contribution in [0, 0.1) is 5.92 Å². The molecule has 3 aromatic heterocycles. The number of nitrogens with two attached hydrogens (primary N) is 1. The van der Waals surface area contributed by atoms with Gasteiger partial charge in [0.25, 0.3) is 5.56 Å². The lowest BCUT2D eigenvalue weighted by atomic mass is 10.0. The van der Waals surface area contributed by atoms with Crippen molar-refractivity contribution in [2.24, 2.45) is 16.6 Å². The van der Waals surface area contributed by atoms with Crippen LogP contribution in [0.2, 0.25) is 0 Å². The van der Waals surface area contributed by atoms with Gasteiger partial charge in [0.1, 0.15) is 6.17 Å². The largest absolute Gasteiger partial charge is 0.314 e. The lowest BCUT2D eigenvalue weighted by molar-refractivity contribution is 0.357. The topological polar surface area (TPSA) is 112 Å². The van der Waals surface area contributed by atoms with Gasteiger partial charge in [-0.1, -0.05) is 0 Å². The molecule has 0 amide bonds. The van der Waals surface area contributed by atoms with E-state index in [2.05, 4.69) is 10.2 Å². The number of rotatable bonds is 7. The molecular formula is C26H27N9O. The summed E-state index contributed by atoms with van der Waals surface area (Å²) in [6.07, 6.45) is 14.9. The van der Waals surface area contributed by atoms with Gasteiger partial charge in [-0.25, -0.2) is 9.98 Å². The first-order valence-corrected chi connectivity index (χ1v) is 12.5. The Hall–Kier alpha value is -4.05. The zero-order valence-corrected chi connectivity index (χ0v) is 19.8. The minimum absolute atomic E-state index is 0.0273. The molecule has 0 saturated heterocycles. The minimum atomic E-state index is -0.317. The highest BCUT2D eigenvalue weighted by molar-refractivity contribution is 5.95. The molecule has 2 N–H and O–H groups in total. The molecule has 0 unspecified atom stereocenters. The second kappa shape index (κ2) is 8.27. The summed E-state index contributed by atoms with van der Waals surface area (Å²) < 4.78 is 5.52. The SMILES string of the molecule is N[C@H](Cn1cccn1)N1C=Nc2cc3c(=O)n([C@@H](Cn4cccn4)C4CC4)cnc3cc2C1=C1CC1. The summed E-state index contributed by atoms with van der Waals surface area (Å²) >= 11 is 0. The van der Waals surface area contributed by atoms with Gasteiger partial charge in [-0.3, -0.25) is 18.7 Å². The molecule has 4 heterocycles. The normalized spacial score (nSPS) is 18.5. The van der Waals surface area contributed by atoms with Crippen LogP contribution in [-0.2, 0) is 13.1 Å². The van der Waals surface area contributed by atoms with E-state index in [4.69, 9.17) is 15.7 Å². The summed E-state index contributed by atoms with van der Waals surface area (Å²) in [7, 11) is 0. The summed E-state index contributed by atoms with van der Waals surface area (Å²) in [6, 6.07) is 7.73. The third-order valence-electron chi connectivity index (χ3n) is 7.32. The van der Waals surface area contributed by atoms with Crippen molar-refractivity contribution < 1.29 is 0 Å². The molecule has 2 fully saturated rings. The Morgan fingerprint density at radius 2 is 1.78 bits per heavy atom. The number of hydrogen-bond acceptors (Lipinski definition) is 7. The van der Waals surface area contributed by atoms with Crippen LogP contribution in [0.3, 0.4) is 0 Å². The summed E-state index contributed by atoms with van der Waals surface area (Å²) in [4.78, 5) is 25.2. The van der Waals surface area contributed by atoms with Crippen molar-refractivity contribution in [2.75, 3.05) is 0 Å². The van der Waals surface area contributed by atoms with E-state index in [1.807, 2.05) is 50.9 Å². The van der Waals surface area contributed by atoms with E-state index in [0.717, 1.165) is 42.6 Å². The van der Waals surface area contributed by atoms with Gasteiger partial charge in [0.2, 0.25) is 0 Å². The fourth-order valence-electron chi connectivity index (χ4n) is 5.18. The molecule has 0 radical (unpaired) electrons. The van der Waals surface area contributed by atoms with E-state index in [-0.39, 0.29) is 17.8 Å². The van der Waals surface area contributed by atoms with Gasteiger partial charge in [0, 0.05) is 30.4 Å². The van der Waals surface area contributed by atoms with Crippen LogP contribution >= 0.6 is 0 Å². The third kappa shape index (κ3) is 3.74. The van der Waals surface area contributed by atoms with Crippen LogP contribution in [0.15, 0.2) is 70.7 Å². The van der Waals surface area contributed by atoms with Gasteiger partial charge in [0.15, 0.2) is 0 Å². The van der Waals surface area contributed by atoms with Crippen molar-refractivity contribution in [1.82, 2.24) is 34.0 Å². The number of aromatic nitrogens is 6. The Bertz CT molecular complexity index is 1540. The molecule has 36 heavy (non-hydrogen) atoms. The molecule has 2 aliphatic carbocycles. The van der Waals surface area contributed by atoms with Crippen LogP contribution in [-0.4, -0.2) is 46.5 Å². The van der Waals surface area contributed by atoms with E-state index < -0.39 is 0 Å². The van der Waals surface area contributed by atoms with Crippen molar-refractivity contribution in [3.05, 3.63) is 76.9 Å². The molecule has 3 aliphatic rings. The fraction of sp³-hybridized carbons (Fsp3) is 0.346. The Kier molecular flexibility index (Phi) is 4.88. The summed E-state index contributed by atoms with van der Waals surface area (Å²) in [5.74, 6) is 0.470. The summed E-state index contributed by atoms with van der Waals surface area (Å²) in [5, 5.41) is 9.24. The van der Waals surface area contributed by atoms with Crippen LogP contribution < -0.4 is 11.3 Å². The molecule has 1 aliphatic heterocycles. The van der Waals surface area contributed by atoms with Crippen LogP contribution in [0.1, 0.15) is 37.3 Å². The Morgan fingerprint density at radius 1 is 1.03 bits per heavy atom. The van der Waals surface area contributed by atoms with Gasteiger partial charge in [-0.15, -0.1) is 0 Å². The first kappa shape index (κ1) is 21.3. The zero-order valence-electron chi connectivity index (χ0n) is 19.8. The monoisotopic (exact) mass is 481 g/mol. The zero-order chi connectivity index (χ0) is 24.2. The summed E-state index contributed by atoms with van der Waals surface area (Å²) in [6.45, 7) is 1.20. The van der Waals surface area contributed by atoms with E-state index in [1.54, 1.807) is 29.6 Å². The van der Waals surface area contributed by atoms with Gasteiger partial charge < -0.3 is 10.6 Å². The smallest absolute Gasteiger partial charge is 0.261 e. The Morgan fingerprint density at radius 3 is 2.44 bits per heavy atom. The number of aliphatic imine (C=N–C) groups is 1. The van der Waals surface area contributed by atoms with Gasteiger partial charge in [-0.2, -0.15) is 10.2 Å². The van der Waals surface area contributed by atoms with E-state index >= 15 is 0 Å². The molecule has 0 bridgehead atoms. The second-order valence-electron chi connectivity index (χ2n) is 9.88. The first-order valence-electron chi connectivity index (χ1n) is 12.5. The molecule has 0 spiro atoms. The maximum absolute atomic E-state index is 13.7. The van der Waals surface area contributed by atoms with Crippen LogP contribution in [0.25, 0.3) is 16.6 Å². The number of allylic oxidation sites excluding steroid dienone is 1. The predicted octanol–water partition coefficient (Wildman–Crippen LogP) is 2.91. The van der Waals surface area contributed by atoms with Crippen molar-refractivity contribution in [3.8, 4) is 0 Å². The minimum Gasteiger partial charge on any atom is -0.314 e. The average Bonchev–Trinajstić information content (AvgIpc) is 3.81. The van der Waals surface area contributed by atoms with Crippen molar-refractivity contribution in [1.29, 1.82) is 0 Å². The van der Waals surface area contributed by atoms with Gasteiger partial charge in [-0.05, 0) is 61.4 Å². The maximum atomic E-state index is 13.7. The average molecular weight is 482 g/mol. The van der Waals surface area contributed by atoms with Crippen LogP contribution in [0.4, 0.5) is 5.69 Å². The lowest BCUT2D eigenvalue weighted by Crippen LogP contribution is -2.44. The van der Waals surface area contributed by atoms with Gasteiger partial charge >= 0.3 is 0 Å². The second-order valence-corrected chi connectivity index (χ2v) is 9.88. The highest BCUT2D eigenvalue weighted by atomic mass is 16.1. The molecule has 2 saturated carbocycles. The third-order valence-corrected chi connectivity index (χ3v) is 7.32. The number of nitrogens with zero attached hydrogens (tertiary/aromatic N) is 8. The number of benzene rings is 1. The molecule has 10 nitrogen and oxygen atoms in total. The van der Waals surface area contributed by atoms with Gasteiger partial charge in [0.05, 0.1) is 54.1 Å². The predicted molar refractivity (Wildman–Crippen MR) is 136 cm³/mol. The molecule has 10 heteroatoms. The first-order chi connectivity index (χ1) is 17.7. The van der Waals surface area contributed by atoms with E-state index in [0.29, 0.717) is 29.9 Å². The molecular weight excluding hydrogens is 454 g/mol. The quantitative estimate of drug-likeness (QED) is 0.434. The van der Waals surface area contributed by atoms with Crippen molar-refractivity contribution in [3.63, 3.8) is 0 Å². The van der Waals surface area contributed by atoms with Crippen molar-refractivity contribution in [2.45, 2.75) is 51.0 Å². The molecule has 182 valence electrons. The Balaban J connectivity index is 1.27. The maximum Gasteiger partial charge on any atom is 0.261 e. The molecule has 7 rings (SSSR count). The Labute approximate surface area is 207 Å². The lowest BCUT2D eigenvalue weighted by Gasteiger charge is -2.32. The van der Waals surface area contributed by atoms with E-state index in [1.165, 1.54) is 5.57 Å². The van der Waals surface area contributed by atoms with Crippen LogP contribution in [0.5, 0.6) is 0 Å². The highest BCUT2D eigenvalue weighted by Crippen LogP contribution is 2.44.